The molecule has 1 saturated heterocycles. The van der Waals surface area contributed by atoms with Gasteiger partial charge in [0.1, 0.15) is 0 Å². The van der Waals surface area contributed by atoms with Crippen LogP contribution in [0.25, 0.3) is 0 Å². The van der Waals surface area contributed by atoms with E-state index in [0.29, 0.717) is 12.1 Å². The Morgan fingerprint density at radius 3 is 1.82 bits per heavy atom. The third kappa shape index (κ3) is 7.16. The van der Waals surface area contributed by atoms with Crippen LogP contribution in [0.15, 0.2) is 18.2 Å². The fourth-order valence-corrected chi connectivity index (χ4v) is 2.92. The van der Waals surface area contributed by atoms with Gasteiger partial charge in [-0.05, 0) is 17.7 Å². The molecule has 0 amide bonds. The minimum absolute atomic E-state index is 0. The minimum Gasteiger partial charge on any atom is -0.314 e. The highest BCUT2D eigenvalue weighted by molar-refractivity contribution is 5.85. The van der Waals surface area contributed by atoms with Gasteiger partial charge < -0.3 is 5.32 Å². The van der Waals surface area contributed by atoms with E-state index in [1.165, 1.54) is 4.90 Å². The molecule has 1 heterocycles. The highest BCUT2D eigenvalue weighted by atomic mass is 35.5. The molecular formula is C15H17Cl2F9N2. The van der Waals surface area contributed by atoms with Crippen LogP contribution < -0.4 is 5.32 Å². The van der Waals surface area contributed by atoms with Gasteiger partial charge in [-0.2, -0.15) is 39.5 Å². The number of alkyl halides is 9. The number of nitrogens with zero attached hydrogens (tertiary/aromatic N) is 1. The van der Waals surface area contributed by atoms with Crippen molar-refractivity contribution in [3.05, 3.63) is 34.9 Å². The van der Waals surface area contributed by atoms with Gasteiger partial charge in [-0.3, -0.25) is 4.90 Å². The Bertz CT molecular complexity index is 623. The maximum Gasteiger partial charge on any atom is 0.416 e. The smallest absolute Gasteiger partial charge is 0.314 e. The van der Waals surface area contributed by atoms with Gasteiger partial charge in [0.15, 0.2) is 0 Å². The highest BCUT2D eigenvalue weighted by Crippen LogP contribution is 2.43. The molecule has 1 fully saturated rings. The second-order valence-corrected chi connectivity index (χ2v) is 5.92. The second-order valence-electron chi connectivity index (χ2n) is 5.92. The van der Waals surface area contributed by atoms with Gasteiger partial charge >= 0.3 is 18.5 Å². The summed E-state index contributed by atoms with van der Waals surface area (Å²) in [6, 6.07) is -0.947. The van der Waals surface area contributed by atoms with Crippen LogP contribution in [0.2, 0.25) is 0 Å². The first-order valence-electron chi connectivity index (χ1n) is 7.59. The van der Waals surface area contributed by atoms with E-state index in [4.69, 9.17) is 0 Å². The minimum atomic E-state index is -5.21. The number of halogens is 11. The van der Waals surface area contributed by atoms with E-state index in [2.05, 4.69) is 5.32 Å². The number of hydrogen-bond donors (Lipinski definition) is 1. The molecule has 0 saturated carbocycles. The summed E-state index contributed by atoms with van der Waals surface area (Å²) in [6.07, 6.45) is -16.6. The van der Waals surface area contributed by atoms with Crippen molar-refractivity contribution < 1.29 is 39.5 Å². The summed E-state index contributed by atoms with van der Waals surface area (Å²) in [6.45, 7) is 0.658. The van der Waals surface area contributed by atoms with Crippen LogP contribution in [-0.4, -0.2) is 37.3 Å². The van der Waals surface area contributed by atoms with Gasteiger partial charge in [0, 0.05) is 32.2 Å². The molecule has 164 valence electrons. The zero-order chi connectivity index (χ0) is 19.8. The van der Waals surface area contributed by atoms with Crippen molar-refractivity contribution >= 4 is 24.8 Å². The molecule has 2 rings (SSSR count). The zero-order valence-corrected chi connectivity index (χ0v) is 15.6. The maximum atomic E-state index is 13.3. The topological polar surface area (TPSA) is 15.3 Å². The Morgan fingerprint density at radius 2 is 1.39 bits per heavy atom. The molecule has 1 aliphatic heterocycles. The van der Waals surface area contributed by atoms with Crippen molar-refractivity contribution in [2.45, 2.75) is 31.0 Å². The maximum absolute atomic E-state index is 13.3. The van der Waals surface area contributed by atoms with Crippen molar-refractivity contribution in [2.24, 2.45) is 0 Å². The third-order valence-electron chi connectivity index (χ3n) is 4.06. The van der Waals surface area contributed by atoms with E-state index in [-0.39, 0.29) is 57.1 Å². The summed E-state index contributed by atoms with van der Waals surface area (Å²) in [5.41, 5.74) is -4.05. The Hall–Kier alpha value is -0.910. The first-order chi connectivity index (χ1) is 11.8. The van der Waals surface area contributed by atoms with Gasteiger partial charge in [-0.15, -0.1) is 24.8 Å². The largest absolute Gasteiger partial charge is 0.416 e. The molecule has 0 radical (unpaired) electrons. The summed E-state index contributed by atoms with van der Waals surface area (Å²) in [5.74, 6) is 0. The first-order valence-corrected chi connectivity index (χ1v) is 7.59. The van der Waals surface area contributed by atoms with Crippen LogP contribution >= 0.6 is 24.8 Å². The Morgan fingerprint density at radius 1 is 0.857 bits per heavy atom. The molecule has 1 aliphatic rings. The molecule has 28 heavy (non-hydrogen) atoms. The molecule has 0 spiro atoms. The molecule has 2 nitrogen and oxygen atoms in total. The van der Waals surface area contributed by atoms with Crippen molar-refractivity contribution in [3.8, 4) is 0 Å². The van der Waals surface area contributed by atoms with E-state index >= 15 is 0 Å². The number of benzene rings is 1. The molecule has 0 bridgehead atoms. The van der Waals surface area contributed by atoms with Gasteiger partial charge in [0.2, 0.25) is 0 Å². The summed E-state index contributed by atoms with van der Waals surface area (Å²) >= 11 is 0. The van der Waals surface area contributed by atoms with Gasteiger partial charge in [0.25, 0.3) is 0 Å². The van der Waals surface area contributed by atoms with Gasteiger partial charge in [0.05, 0.1) is 17.5 Å². The van der Waals surface area contributed by atoms with Crippen molar-refractivity contribution in [1.29, 1.82) is 0 Å². The molecular weight excluding hydrogens is 450 g/mol. The molecule has 0 unspecified atom stereocenters. The summed E-state index contributed by atoms with van der Waals surface area (Å²) < 4.78 is 117. The molecule has 1 aromatic rings. The van der Waals surface area contributed by atoms with Crippen molar-refractivity contribution in [2.75, 3.05) is 26.2 Å². The van der Waals surface area contributed by atoms with Crippen LogP contribution in [0.1, 0.15) is 29.2 Å². The number of nitrogens with one attached hydrogen (secondary N) is 1. The van der Waals surface area contributed by atoms with E-state index in [0.717, 1.165) is 0 Å². The molecule has 1 atom stereocenters. The Labute approximate surface area is 167 Å². The van der Waals surface area contributed by atoms with Crippen LogP contribution in [0.4, 0.5) is 39.5 Å². The van der Waals surface area contributed by atoms with Crippen molar-refractivity contribution in [3.63, 3.8) is 0 Å². The third-order valence-corrected chi connectivity index (χ3v) is 4.06. The van der Waals surface area contributed by atoms with Crippen molar-refractivity contribution in [1.82, 2.24) is 10.2 Å². The summed E-state index contributed by atoms with van der Waals surface area (Å²) in [5, 5.41) is 2.86. The van der Waals surface area contributed by atoms with Gasteiger partial charge in [-0.25, -0.2) is 0 Å². The lowest BCUT2D eigenvalue weighted by atomic mass is 9.93. The average Bonchev–Trinajstić information content (AvgIpc) is 2.50. The molecule has 0 aliphatic carbocycles. The highest BCUT2D eigenvalue weighted by Gasteiger charge is 2.43. The average molecular weight is 467 g/mol. The van der Waals surface area contributed by atoms with E-state index in [1.807, 2.05) is 0 Å². The van der Waals surface area contributed by atoms with Crippen LogP contribution in [-0.2, 0) is 12.4 Å². The lowest BCUT2D eigenvalue weighted by Gasteiger charge is -2.36. The summed E-state index contributed by atoms with van der Waals surface area (Å²) in [4.78, 5) is 1.21. The lowest BCUT2D eigenvalue weighted by molar-refractivity contribution is -0.154. The van der Waals surface area contributed by atoms with Crippen LogP contribution in [0, 0.1) is 0 Å². The molecule has 13 heteroatoms. The number of rotatable bonds is 3. The normalized spacial score (nSPS) is 17.5. The predicted molar refractivity (Wildman–Crippen MR) is 88.8 cm³/mol. The summed E-state index contributed by atoms with van der Waals surface area (Å²) in [7, 11) is 0. The fourth-order valence-electron chi connectivity index (χ4n) is 2.92. The quantitative estimate of drug-likeness (QED) is 0.594. The lowest BCUT2D eigenvalue weighted by Crippen LogP contribution is -2.46. The monoisotopic (exact) mass is 466 g/mol. The SMILES string of the molecule is Cl.Cl.FC(F)(F)C[C@H](c1ccc(C(F)(F)F)cc1C(F)(F)F)N1CCNCC1. The Balaban J connectivity index is 0.00000364. The first kappa shape index (κ1) is 27.1. The second kappa shape index (κ2) is 9.73. The molecule has 1 aromatic carbocycles. The predicted octanol–water partition coefficient (Wildman–Crippen LogP) is 5.47. The Kier molecular flexibility index (Phi) is 9.41. The molecule has 0 aromatic heterocycles. The van der Waals surface area contributed by atoms with Crippen LogP contribution in [0.3, 0.4) is 0 Å². The standard InChI is InChI=1S/C15H15F9N2.2ClH/c16-13(17,18)8-12(26-5-3-25-4-6-26)10-2-1-9(14(19,20)21)7-11(10)15(22,23)24;;/h1-2,7,12,25H,3-6,8H2;2*1H/t12-;;/m1../s1. The van der Waals surface area contributed by atoms with E-state index < -0.39 is 47.7 Å². The van der Waals surface area contributed by atoms with E-state index in [9.17, 15) is 39.5 Å². The van der Waals surface area contributed by atoms with Crippen LogP contribution in [0.5, 0.6) is 0 Å². The number of piperazine rings is 1. The van der Waals surface area contributed by atoms with Gasteiger partial charge in [-0.1, -0.05) is 6.07 Å². The zero-order valence-electron chi connectivity index (χ0n) is 14.0. The molecule has 1 N–H and O–H groups in total. The number of hydrogen-bond acceptors (Lipinski definition) is 2. The fraction of sp³-hybridized carbons (Fsp3) is 0.600. The van der Waals surface area contributed by atoms with E-state index in [1.54, 1.807) is 0 Å².